The van der Waals surface area contributed by atoms with Crippen molar-refractivity contribution < 1.29 is 23.0 Å². The molecule has 0 aliphatic rings. The number of hydrogen-bond acceptors (Lipinski definition) is 4. The van der Waals surface area contributed by atoms with Crippen LogP contribution in [-0.2, 0) is 11.3 Å². The van der Waals surface area contributed by atoms with E-state index >= 15 is 0 Å². The smallest absolute Gasteiger partial charge is 0.339 e. The molecule has 0 saturated heterocycles. The van der Waals surface area contributed by atoms with Crippen molar-refractivity contribution in [3.8, 4) is 22.7 Å². The maximum atomic E-state index is 14.1. The maximum absolute atomic E-state index is 14.1. The standard InChI is InChI=1S/C26H21BrF2N2O3/c1-3-33-26(32)18-10-21(14-30-13-18)31-16(2)4-8-24(31)22-11-19(27)6-9-25(22)34-15-17-5-7-20(28)12-23(17)29/h4-14H,3,15H2,1-2H3. The summed E-state index contributed by atoms with van der Waals surface area (Å²) in [6.45, 7) is 3.88. The predicted molar refractivity (Wildman–Crippen MR) is 128 cm³/mol. The van der Waals surface area contributed by atoms with Crippen molar-refractivity contribution in [3.63, 3.8) is 0 Å². The van der Waals surface area contributed by atoms with Crippen molar-refractivity contribution in [3.05, 3.63) is 99.9 Å². The second-order valence-corrected chi connectivity index (χ2v) is 8.43. The molecule has 2 aromatic carbocycles. The zero-order valence-electron chi connectivity index (χ0n) is 18.5. The number of aromatic nitrogens is 2. The first-order valence-corrected chi connectivity index (χ1v) is 11.3. The zero-order valence-corrected chi connectivity index (χ0v) is 20.1. The molecular weight excluding hydrogens is 506 g/mol. The third-order valence-electron chi connectivity index (χ3n) is 5.19. The summed E-state index contributed by atoms with van der Waals surface area (Å²) in [4.78, 5) is 16.4. The Morgan fingerprint density at radius 2 is 1.88 bits per heavy atom. The second kappa shape index (κ2) is 10.2. The third kappa shape index (κ3) is 5.02. The molecule has 0 atom stereocenters. The third-order valence-corrected chi connectivity index (χ3v) is 5.68. The van der Waals surface area contributed by atoms with Crippen LogP contribution in [0.5, 0.6) is 5.75 Å². The highest BCUT2D eigenvalue weighted by Crippen LogP contribution is 2.36. The Morgan fingerprint density at radius 1 is 1.06 bits per heavy atom. The molecular formula is C26H21BrF2N2O3. The van der Waals surface area contributed by atoms with E-state index in [-0.39, 0.29) is 18.8 Å². The van der Waals surface area contributed by atoms with Crippen LogP contribution in [0.2, 0.25) is 0 Å². The lowest BCUT2D eigenvalue weighted by molar-refractivity contribution is 0.0526. The van der Waals surface area contributed by atoms with Gasteiger partial charge in [0.15, 0.2) is 0 Å². The quantitative estimate of drug-likeness (QED) is 0.253. The van der Waals surface area contributed by atoms with E-state index in [1.807, 2.05) is 35.8 Å². The Hall–Kier alpha value is -3.52. The molecule has 2 heterocycles. The average Bonchev–Trinajstić information content (AvgIpc) is 3.20. The van der Waals surface area contributed by atoms with E-state index < -0.39 is 17.6 Å². The van der Waals surface area contributed by atoms with E-state index in [9.17, 15) is 13.6 Å². The van der Waals surface area contributed by atoms with Gasteiger partial charge >= 0.3 is 5.97 Å². The van der Waals surface area contributed by atoms with Gasteiger partial charge in [-0.2, -0.15) is 0 Å². The monoisotopic (exact) mass is 526 g/mol. The lowest BCUT2D eigenvalue weighted by Gasteiger charge is -2.16. The summed E-state index contributed by atoms with van der Waals surface area (Å²) in [5.41, 5.74) is 3.71. The molecule has 0 unspecified atom stereocenters. The molecule has 8 heteroatoms. The second-order valence-electron chi connectivity index (χ2n) is 7.51. The normalized spacial score (nSPS) is 10.9. The number of rotatable bonds is 7. The fraction of sp³-hybridized carbons (Fsp3) is 0.154. The molecule has 4 aromatic rings. The summed E-state index contributed by atoms with van der Waals surface area (Å²) in [7, 11) is 0. The van der Waals surface area contributed by atoms with Gasteiger partial charge in [-0.1, -0.05) is 15.9 Å². The van der Waals surface area contributed by atoms with Crippen LogP contribution in [0.1, 0.15) is 28.5 Å². The highest BCUT2D eigenvalue weighted by Gasteiger charge is 2.17. The number of carbonyl (C=O) groups excluding carboxylic acids is 1. The van der Waals surface area contributed by atoms with Gasteiger partial charge in [0.25, 0.3) is 0 Å². The average molecular weight is 527 g/mol. The molecule has 2 aromatic heterocycles. The van der Waals surface area contributed by atoms with Gasteiger partial charge in [0.1, 0.15) is 24.0 Å². The first-order valence-electron chi connectivity index (χ1n) is 10.5. The number of hydrogen-bond donors (Lipinski definition) is 0. The minimum Gasteiger partial charge on any atom is -0.488 e. The molecule has 4 rings (SSSR count). The van der Waals surface area contributed by atoms with Crippen LogP contribution in [0.15, 0.2) is 71.5 Å². The predicted octanol–water partition coefficient (Wildman–Crippen LogP) is 6.64. The highest BCUT2D eigenvalue weighted by atomic mass is 79.9. The Labute approximate surface area is 204 Å². The molecule has 5 nitrogen and oxygen atoms in total. The lowest BCUT2D eigenvalue weighted by atomic mass is 10.1. The van der Waals surface area contributed by atoms with Crippen LogP contribution < -0.4 is 4.74 Å². The van der Waals surface area contributed by atoms with Crippen LogP contribution in [0, 0.1) is 18.6 Å². The zero-order chi connectivity index (χ0) is 24.2. The SMILES string of the molecule is CCOC(=O)c1cncc(-n2c(C)ccc2-c2cc(Br)ccc2OCc2ccc(F)cc2F)c1. The summed E-state index contributed by atoms with van der Waals surface area (Å²) in [5, 5.41) is 0. The van der Waals surface area contributed by atoms with E-state index in [0.717, 1.165) is 27.5 Å². The van der Waals surface area contributed by atoms with Crippen LogP contribution in [0.3, 0.4) is 0 Å². The summed E-state index contributed by atoms with van der Waals surface area (Å²) < 4.78 is 41.2. The van der Waals surface area contributed by atoms with Crippen LogP contribution in [-0.4, -0.2) is 22.1 Å². The Balaban J connectivity index is 1.73. The molecule has 174 valence electrons. The molecule has 0 aliphatic heterocycles. The highest BCUT2D eigenvalue weighted by molar-refractivity contribution is 9.10. The summed E-state index contributed by atoms with van der Waals surface area (Å²) >= 11 is 3.50. The van der Waals surface area contributed by atoms with E-state index in [2.05, 4.69) is 20.9 Å². The number of ether oxygens (including phenoxy) is 2. The minimum absolute atomic E-state index is 0.0691. The van der Waals surface area contributed by atoms with Gasteiger partial charge in [-0.3, -0.25) is 4.98 Å². The lowest BCUT2D eigenvalue weighted by Crippen LogP contribution is -2.08. The van der Waals surface area contributed by atoms with E-state index in [0.29, 0.717) is 17.0 Å². The molecule has 0 amide bonds. The van der Waals surface area contributed by atoms with Crippen molar-refractivity contribution in [1.29, 1.82) is 0 Å². The van der Waals surface area contributed by atoms with Crippen molar-refractivity contribution in [2.45, 2.75) is 20.5 Å². The van der Waals surface area contributed by atoms with E-state index in [1.165, 1.54) is 18.3 Å². The topological polar surface area (TPSA) is 53.3 Å². The molecule has 34 heavy (non-hydrogen) atoms. The fourth-order valence-electron chi connectivity index (χ4n) is 3.59. The fourth-order valence-corrected chi connectivity index (χ4v) is 3.95. The number of aryl methyl sites for hydroxylation is 1. The van der Waals surface area contributed by atoms with E-state index in [4.69, 9.17) is 9.47 Å². The van der Waals surface area contributed by atoms with E-state index in [1.54, 1.807) is 25.3 Å². The van der Waals surface area contributed by atoms with Gasteiger partial charge in [-0.15, -0.1) is 0 Å². The summed E-state index contributed by atoms with van der Waals surface area (Å²) in [6, 6.07) is 14.5. The van der Waals surface area contributed by atoms with Gasteiger partial charge < -0.3 is 14.0 Å². The molecule has 0 aliphatic carbocycles. The first kappa shape index (κ1) is 23.6. The number of halogens is 3. The molecule has 0 radical (unpaired) electrons. The van der Waals surface area contributed by atoms with Crippen LogP contribution in [0.4, 0.5) is 8.78 Å². The largest absolute Gasteiger partial charge is 0.488 e. The minimum atomic E-state index is -0.667. The molecule has 0 saturated carbocycles. The van der Waals surface area contributed by atoms with Gasteiger partial charge in [-0.05, 0) is 62.4 Å². The first-order chi connectivity index (χ1) is 16.4. The van der Waals surface area contributed by atoms with Gasteiger partial charge in [0.05, 0.1) is 29.7 Å². The van der Waals surface area contributed by atoms with Gasteiger partial charge in [0, 0.05) is 33.6 Å². The number of carbonyl (C=O) groups is 1. The number of benzene rings is 2. The Bertz CT molecular complexity index is 1350. The van der Waals surface area contributed by atoms with Crippen molar-refractivity contribution in [2.24, 2.45) is 0 Å². The molecule has 0 bridgehead atoms. The van der Waals surface area contributed by atoms with Crippen molar-refractivity contribution in [1.82, 2.24) is 9.55 Å². The van der Waals surface area contributed by atoms with Crippen LogP contribution in [0.25, 0.3) is 16.9 Å². The molecule has 0 N–H and O–H groups in total. The maximum Gasteiger partial charge on any atom is 0.339 e. The number of esters is 1. The summed E-state index contributed by atoms with van der Waals surface area (Å²) in [6.07, 6.45) is 3.12. The van der Waals surface area contributed by atoms with Gasteiger partial charge in [0.2, 0.25) is 0 Å². The van der Waals surface area contributed by atoms with Crippen LogP contribution >= 0.6 is 15.9 Å². The molecule has 0 spiro atoms. The Kier molecular flexibility index (Phi) is 7.07. The summed E-state index contributed by atoms with van der Waals surface area (Å²) in [5.74, 6) is -1.24. The molecule has 0 fully saturated rings. The van der Waals surface area contributed by atoms with Gasteiger partial charge in [-0.25, -0.2) is 13.6 Å². The Morgan fingerprint density at radius 3 is 2.65 bits per heavy atom. The van der Waals surface area contributed by atoms with Crippen molar-refractivity contribution >= 4 is 21.9 Å². The van der Waals surface area contributed by atoms with Crippen molar-refractivity contribution in [2.75, 3.05) is 6.61 Å². The number of pyridine rings is 1. The number of nitrogens with zero attached hydrogens (tertiary/aromatic N) is 2.